The van der Waals surface area contributed by atoms with Gasteiger partial charge in [0.05, 0.1) is 18.7 Å². The Kier molecular flexibility index (Phi) is 6.74. The topological polar surface area (TPSA) is 72.7 Å². The maximum absolute atomic E-state index is 8.89. The summed E-state index contributed by atoms with van der Waals surface area (Å²) in [6.45, 7) is 2.63. The summed E-state index contributed by atoms with van der Waals surface area (Å²) in [6, 6.07) is 18.3. The summed E-state index contributed by atoms with van der Waals surface area (Å²) in [7, 11) is 3.49. The van der Waals surface area contributed by atoms with E-state index in [4.69, 9.17) is 10.00 Å². The number of ether oxygens (including phenoxy) is 1. The number of benzene rings is 2. The van der Waals surface area contributed by atoms with Crippen molar-refractivity contribution in [1.29, 1.82) is 5.26 Å². The molecule has 0 spiro atoms. The van der Waals surface area contributed by atoms with Crippen LogP contribution in [0.25, 0.3) is 0 Å². The van der Waals surface area contributed by atoms with Crippen LogP contribution in [-0.2, 0) is 6.54 Å². The van der Waals surface area contributed by atoms with E-state index in [0.29, 0.717) is 18.2 Å². The molecule has 1 heterocycles. The van der Waals surface area contributed by atoms with Crippen LogP contribution in [0, 0.1) is 11.3 Å². The number of nitriles is 1. The molecule has 146 valence electrons. The van der Waals surface area contributed by atoms with Crippen LogP contribution < -0.4 is 20.3 Å². The number of nitrogens with zero attached hydrogens (tertiary/aromatic N) is 3. The van der Waals surface area contributed by atoms with E-state index in [1.807, 2.05) is 36.4 Å². The van der Waals surface area contributed by atoms with Gasteiger partial charge in [-0.25, -0.2) is 0 Å². The molecule has 1 fully saturated rings. The number of hydrogen-bond donors (Lipinski definition) is 2. The van der Waals surface area contributed by atoms with Crippen molar-refractivity contribution in [2.45, 2.75) is 25.4 Å². The summed E-state index contributed by atoms with van der Waals surface area (Å²) >= 11 is 0. The molecule has 2 N–H and O–H groups in total. The molecule has 1 saturated heterocycles. The molecule has 2 aromatic rings. The van der Waals surface area contributed by atoms with Crippen LogP contribution in [0.4, 0.5) is 5.69 Å². The Hall–Kier alpha value is -3.20. The second-order valence-corrected chi connectivity index (χ2v) is 6.87. The van der Waals surface area contributed by atoms with Gasteiger partial charge in [-0.05, 0) is 42.7 Å². The summed E-state index contributed by atoms with van der Waals surface area (Å²) in [4.78, 5) is 6.75. The van der Waals surface area contributed by atoms with E-state index < -0.39 is 0 Å². The van der Waals surface area contributed by atoms with Gasteiger partial charge in [-0.3, -0.25) is 4.99 Å². The molecule has 28 heavy (non-hydrogen) atoms. The summed E-state index contributed by atoms with van der Waals surface area (Å²) in [5, 5.41) is 15.8. The second-order valence-electron chi connectivity index (χ2n) is 6.87. The number of hydrogen-bond acceptors (Lipinski definition) is 4. The second kappa shape index (κ2) is 9.65. The van der Waals surface area contributed by atoms with Gasteiger partial charge in [-0.15, -0.1) is 0 Å². The van der Waals surface area contributed by atoms with Crippen molar-refractivity contribution in [3.8, 4) is 11.8 Å². The third-order valence-corrected chi connectivity index (χ3v) is 4.95. The smallest absolute Gasteiger partial charge is 0.191 e. The Labute approximate surface area is 166 Å². The van der Waals surface area contributed by atoms with Gasteiger partial charge in [0.15, 0.2) is 5.96 Å². The molecular weight excluding hydrogens is 350 g/mol. The average Bonchev–Trinajstić information content (AvgIpc) is 2.77. The molecule has 1 aliphatic heterocycles. The quantitative estimate of drug-likeness (QED) is 0.619. The SMILES string of the molecule is CN=C(NCc1ccc(C#N)cc1)NC1CCCN(c2cccc(OC)c2)C1. The van der Waals surface area contributed by atoms with Crippen LogP contribution >= 0.6 is 0 Å². The van der Waals surface area contributed by atoms with Crippen molar-refractivity contribution in [1.82, 2.24) is 10.6 Å². The molecule has 0 bridgehead atoms. The molecule has 0 saturated carbocycles. The molecular formula is C22H27N5O. The number of aliphatic imine (C=N–C) groups is 1. The van der Waals surface area contributed by atoms with E-state index in [1.54, 1.807) is 14.2 Å². The van der Waals surface area contributed by atoms with E-state index in [0.717, 1.165) is 43.2 Å². The van der Waals surface area contributed by atoms with E-state index in [1.165, 1.54) is 5.69 Å². The Morgan fingerprint density at radius 2 is 2.11 bits per heavy atom. The van der Waals surface area contributed by atoms with E-state index in [2.05, 4.69) is 38.7 Å². The van der Waals surface area contributed by atoms with Gasteiger partial charge >= 0.3 is 0 Å². The highest BCUT2D eigenvalue weighted by molar-refractivity contribution is 5.80. The minimum Gasteiger partial charge on any atom is -0.497 e. The van der Waals surface area contributed by atoms with Gasteiger partial charge in [0, 0.05) is 44.5 Å². The monoisotopic (exact) mass is 377 g/mol. The van der Waals surface area contributed by atoms with Crippen molar-refractivity contribution >= 4 is 11.6 Å². The third kappa shape index (κ3) is 5.17. The molecule has 1 unspecified atom stereocenters. The third-order valence-electron chi connectivity index (χ3n) is 4.95. The fraction of sp³-hybridized carbons (Fsp3) is 0.364. The van der Waals surface area contributed by atoms with Crippen LogP contribution in [0.2, 0.25) is 0 Å². The van der Waals surface area contributed by atoms with Gasteiger partial charge < -0.3 is 20.3 Å². The molecule has 1 aliphatic rings. The fourth-order valence-corrected chi connectivity index (χ4v) is 3.41. The number of piperidine rings is 1. The molecule has 0 aliphatic carbocycles. The van der Waals surface area contributed by atoms with Crippen molar-refractivity contribution < 1.29 is 4.74 Å². The predicted molar refractivity (Wildman–Crippen MR) is 113 cm³/mol. The van der Waals surface area contributed by atoms with Gasteiger partial charge in [0.1, 0.15) is 5.75 Å². The summed E-state index contributed by atoms with van der Waals surface area (Å²) in [5.41, 5.74) is 2.97. The van der Waals surface area contributed by atoms with Gasteiger partial charge in [0.2, 0.25) is 0 Å². The summed E-state index contributed by atoms with van der Waals surface area (Å²) in [6.07, 6.45) is 2.24. The lowest BCUT2D eigenvalue weighted by Crippen LogP contribution is -2.51. The Morgan fingerprint density at radius 3 is 2.82 bits per heavy atom. The number of anilines is 1. The Bertz CT molecular complexity index is 841. The number of guanidine groups is 1. The maximum Gasteiger partial charge on any atom is 0.191 e. The lowest BCUT2D eigenvalue weighted by Gasteiger charge is -2.35. The number of nitrogens with one attached hydrogen (secondary N) is 2. The Morgan fingerprint density at radius 1 is 1.29 bits per heavy atom. The van der Waals surface area contributed by atoms with E-state index in [9.17, 15) is 0 Å². The highest BCUT2D eigenvalue weighted by Gasteiger charge is 2.21. The molecule has 3 rings (SSSR count). The first-order valence-corrected chi connectivity index (χ1v) is 9.57. The first kappa shape index (κ1) is 19.6. The van der Waals surface area contributed by atoms with Crippen LogP contribution in [0.15, 0.2) is 53.5 Å². The van der Waals surface area contributed by atoms with Crippen molar-refractivity contribution in [2.24, 2.45) is 4.99 Å². The summed E-state index contributed by atoms with van der Waals surface area (Å²) < 4.78 is 5.35. The highest BCUT2D eigenvalue weighted by atomic mass is 16.5. The maximum atomic E-state index is 8.89. The van der Waals surface area contributed by atoms with Crippen LogP contribution in [0.3, 0.4) is 0 Å². The lowest BCUT2D eigenvalue weighted by molar-refractivity contribution is 0.414. The zero-order chi connectivity index (χ0) is 19.8. The molecule has 6 nitrogen and oxygen atoms in total. The van der Waals surface area contributed by atoms with Gasteiger partial charge in [0.25, 0.3) is 0 Å². The van der Waals surface area contributed by atoms with Crippen LogP contribution in [0.5, 0.6) is 5.75 Å². The first-order chi connectivity index (χ1) is 13.7. The molecule has 0 radical (unpaired) electrons. The van der Waals surface area contributed by atoms with Crippen molar-refractivity contribution in [3.63, 3.8) is 0 Å². The normalized spacial score (nSPS) is 17.0. The molecule has 0 aromatic heterocycles. The average molecular weight is 377 g/mol. The standard InChI is InChI=1S/C22H27N5O/c1-24-22(25-15-18-10-8-17(14-23)9-11-18)26-19-5-4-12-27(16-19)20-6-3-7-21(13-20)28-2/h3,6-11,13,19H,4-5,12,15-16H2,1-2H3,(H2,24,25,26). The first-order valence-electron chi connectivity index (χ1n) is 9.57. The molecule has 2 aromatic carbocycles. The van der Waals surface area contributed by atoms with Gasteiger partial charge in [-0.1, -0.05) is 18.2 Å². The zero-order valence-corrected chi connectivity index (χ0v) is 16.5. The minimum absolute atomic E-state index is 0.326. The van der Waals surface area contributed by atoms with Crippen molar-refractivity contribution in [2.75, 3.05) is 32.1 Å². The highest BCUT2D eigenvalue weighted by Crippen LogP contribution is 2.24. The Balaban J connectivity index is 1.55. The largest absolute Gasteiger partial charge is 0.497 e. The summed E-state index contributed by atoms with van der Waals surface area (Å²) in [5.74, 6) is 1.68. The lowest BCUT2D eigenvalue weighted by atomic mass is 10.0. The zero-order valence-electron chi connectivity index (χ0n) is 16.5. The fourth-order valence-electron chi connectivity index (χ4n) is 3.41. The van der Waals surface area contributed by atoms with E-state index >= 15 is 0 Å². The molecule has 0 amide bonds. The number of methoxy groups -OCH3 is 1. The molecule has 6 heteroatoms. The predicted octanol–water partition coefficient (Wildman–Crippen LogP) is 2.90. The van der Waals surface area contributed by atoms with Gasteiger partial charge in [-0.2, -0.15) is 5.26 Å². The van der Waals surface area contributed by atoms with E-state index in [-0.39, 0.29) is 0 Å². The minimum atomic E-state index is 0.326. The molecule has 1 atom stereocenters. The van der Waals surface area contributed by atoms with Crippen molar-refractivity contribution in [3.05, 3.63) is 59.7 Å². The van der Waals surface area contributed by atoms with Crippen LogP contribution in [0.1, 0.15) is 24.0 Å². The van der Waals surface area contributed by atoms with Crippen LogP contribution in [-0.4, -0.2) is 39.2 Å². The number of rotatable bonds is 5.